The third kappa shape index (κ3) is 6.20. The lowest BCUT2D eigenvalue weighted by molar-refractivity contribution is -0.114. The van der Waals surface area contributed by atoms with Crippen molar-refractivity contribution in [2.24, 2.45) is 0 Å². The lowest BCUT2D eigenvalue weighted by Crippen LogP contribution is -2.34. The molecule has 1 heterocycles. The molecule has 0 saturated carbocycles. The highest BCUT2D eigenvalue weighted by Crippen LogP contribution is 2.43. The molecule has 1 N–H and O–H groups in total. The first-order valence-electron chi connectivity index (χ1n) is 12.7. The number of rotatable bonds is 7. The van der Waals surface area contributed by atoms with E-state index in [1.807, 2.05) is 48.5 Å². The highest BCUT2D eigenvalue weighted by molar-refractivity contribution is 8.04. The molecule has 188 valence electrons. The zero-order valence-electron chi connectivity index (χ0n) is 20.6. The number of anilines is 1. The Morgan fingerprint density at radius 2 is 1.84 bits per heavy atom. The van der Waals surface area contributed by atoms with Gasteiger partial charge >= 0.3 is 0 Å². The summed E-state index contributed by atoms with van der Waals surface area (Å²) in [5, 5.41) is 3.03. The third-order valence-electron chi connectivity index (χ3n) is 6.66. The van der Waals surface area contributed by atoms with E-state index < -0.39 is 0 Å². The van der Waals surface area contributed by atoms with E-state index >= 15 is 0 Å². The summed E-state index contributed by atoms with van der Waals surface area (Å²) in [6.07, 6.45) is 9.77. The summed E-state index contributed by atoms with van der Waals surface area (Å²) >= 11 is 1.40. The van der Waals surface area contributed by atoms with Crippen molar-refractivity contribution < 1.29 is 14.0 Å². The zero-order chi connectivity index (χ0) is 25.6. The molecule has 0 saturated heterocycles. The van der Waals surface area contributed by atoms with Crippen molar-refractivity contribution in [3.05, 3.63) is 112 Å². The van der Waals surface area contributed by atoms with Crippen LogP contribution in [0.15, 0.2) is 94.2 Å². The maximum Gasteiger partial charge on any atom is 0.265 e. The van der Waals surface area contributed by atoms with Crippen molar-refractivity contribution in [3.8, 4) is 0 Å². The Kier molecular flexibility index (Phi) is 7.85. The molecule has 0 fully saturated rings. The van der Waals surface area contributed by atoms with Crippen LogP contribution in [0.1, 0.15) is 53.6 Å². The van der Waals surface area contributed by atoms with Crippen molar-refractivity contribution in [1.29, 1.82) is 0 Å². The largest absolute Gasteiger partial charge is 0.352 e. The maximum atomic E-state index is 13.6. The summed E-state index contributed by atoms with van der Waals surface area (Å²) in [5.41, 5.74) is 4.37. The highest BCUT2D eigenvalue weighted by Gasteiger charge is 2.30. The van der Waals surface area contributed by atoms with Gasteiger partial charge in [-0.25, -0.2) is 4.39 Å². The van der Waals surface area contributed by atoms with Gasteiger partial charge in [0.1, 0.15) is 5.82 Å². The summed E-state index contributed by atoms with van der Waals surface area (Å²) in [4.78, 5) is 29.8. The number of carbonyl (C=O) groups excluding carboxylic acids is 2. The standard InChI is InChI=1S/C31H29FN2O2S/c32-26-14-11-24(12-15-26)21-34-27-20-25(30(35)33-18-17-22-7-3-1-4-8-22)13-16-28(27)37-29(31(34)36)19-23-9-5-2-6-10-23/h2,5-7,9-16,19-20H,1,3-4,8,17-18,21H2,(H,33,35)/b29-19-. The number of halogens is 1. The first kappa shape index (κ1) is 25.0. The molecule has 2 aliphatic rings. The molecule has 0 radical (unpaired) electrons. The number of hydrogen-bond acceptors (Lipinski definition) is 3. The van der Waals surface area contributed by atoms with E-state index in [2.05, 4.69) is 11.4 Å². The second-order valence-electron chi connectivity index (χ2n) is 9.34. The fraction of sp³-hybridized carbons (Fsp3) is 0.226. The Morgan fingerprint density at radius 1 is 1.03 bits per heavy atom. The first-order valence-corrected chi connectivity index (χ1v) is 13.5. The smallest absolute Gasteiger partial charge is 0.265 e. The third-order valence-corrected chi connectivity index (χ3v) is 7.73. The Labute approximate surface area is 221 Å². The van der Waals surface area contributed by atoms with Gasteiger partial charge in [-0.05, 0) is 79.6 Å². The quantitative estimate of drug-likeness (QED) is 0.271. The van der Waals surface area contributed by atoms with Gasteiger partial charge in [-0.2, -0.15) is 0 Å². The van der Waals surface area contributed by atoms with Gasteiger partial charge in [-0.1, -0.05) is 65.9 Å². The maximum absolute atomic E-state index is 13.6. The Hall–Kier alpha value is -3.64. The van der Waals surface area contributed by atoms with Crippen molar-refractivity contribution in [1.82, 2.24) is 5.32 Å². The molecule has 5 rings (SSSR count). The number of amides is 2. The van der Waals surface area contributed by atoms with E-state index in [1.165, 1.54) is 42.3 Å². The van der Waals surface area contributed by atoms with Crippen LogP contribution < -0.4 is 10.2 Å². The molecule has 1 aliphatic heterocycles. The number of carbonyl (C=O) groups is 2. The number of hydrogen-bond donors (Lipinski definition) is 1. The number of benzene rings is 3. The lowest BCUT2D eigenvalue weighted by atomic mass is 9.97. The van der Waals surface area contributed by atoms with Gasteiger partial charge in [0.25, 0.3) is 11.8 Å². The van der Waals surface area contributed by atoms with E-state index in [0.29, 0.717) is 22.7 Å². The van der Waals surface area contributed by atoms with Gasteiger partial charge in [0.05, 0.1) is 17.1 Å². The van der Waals surface area contributed by atoms with Crippen LogP contribution in [0.2, 0.25) is 0 Å². The minimum Gasteiger partial charge on any atom is -0.352 e. The molecule has 37 heavy (non-hydrogen) atoms. The van der Waals surface area contributed by atoms with Crippen molar-refractivity contribution in [3.63, 3.8) is 0 Å². The molecular weight excluding hydrogens is 483 g/mol. The summed E-state index contributed by atoms with van der Waals surface area (Å²) < 4.78 is 13.5. The monoisotopic (exact) mass is 512 g/mol. The van der Waals surface area contributed by atoms with Crippen LogP contribution in [0.5, 0.6) is 0 Å². The molecular formula is C31H29FN2O2S. The summed E-state index contributed by atoms with van der Waals surface area (Å²) in [6.45, 7) is 0.872. The van der Waals surface area contributed by atoms with Crippen LogP contribution in [-0.2, 0) is 11.3 Å². The van der Waals surface area contributed by atoms with E-state index in [0.717, 1.165) is 35.3 Å². The fourth-order valence-electron chi connectivity index (χ4n) is 4.65. The van der Waals surface area contributed by atoms with Crippen LogP contribution in [0, 0.1) is 5.82 Å². The number of nitrogens with one attached hydrogen (secondary N) is 1. The zero-order valence-corrected chi connectivity index (χ0v) is 21.4. The first-order chi connectivity index (χ1) is 18.1. The van der Waals surface area contributed by atoms with Crippen LogP contribution in [0.25, 0.3) is 6.08 Å². The van der Waals surface area contributed by atoms with E-state index in [1.54, 1.807) is 23.1 Å². The predicted molar refractivity (Wildman–Crippen MR) is 148 cm³/mol. The average Bonchev–Trinajstić information content (AvgIpc) is 2.93. The molecule has 0 atom stereocenters. The van der Waals surface area contributed by atoms with Crippen LogP contribution >= 0.6 is 11.8 Å². The van der Waals surface area contributed by atoms with Crippen molar-refractivity contribution in [2.75, 3.05) is 11.4 Å². The van der Waals surface area contributed by atoms with Gasteiger partial charge in [0.15, 0.2) is 0 Å². The lowest BCUT2D eigenvalue weighted by Gasteiger charge is -2.31. The molecule has 4 nitrogen and oxygen atoms in total. The molecule has 0 aromatic heterocycles. The van der Waals surface area contributed by atoms with E-state index in [-0.39, 0.29) is 24.2 Å². The minimum absolute atomic E-state index is 0.146. The van der Waals surface area contributed by atoms with Crippen molar-refractivity contribution in [2.45, 2.75) is 43.5 Å². The summed E-state index contributed by atoms with van der Waals surface area (Å²) in [7, 11) is 0. The number of fused-ring (bicyclic) bond motifs is 1. The SMILES string of the molecule is O=C(NCCC1=CCCCC1)c1ccc2c(c1)N(Cc1ccc(F)cc1)C(=O)/C(=C/c1ccccc1)S2. The van der Waals surface area contributed by atoms with E-state index in [9.17, 15) is 14.0 Å². The fourth-order valence-corrected chi connectivity index (χ4v) is 5.69. The van der Waals surface area contributed by atoms with Crippen LogP contribution in [0.3, 0.4) is 0 Å². The molecule has 2 amide bonds. The number of allylic oxidation sites excluding steroid dienone is 1. The van der Waals surface area contributed by atoms with E-state index in [4.69, 9.17) is 0 Å². The molecule has 0 bridgehead atoms. The predicted octanol–water partition coefficient (Wildman–Crippen LogP) is 7.13. The molecule has 6 heteroatoms. The minimum atomic E-state index is -0.322. The highest BCUT2D eigenvalue weighted by atomic mass is 32.2. The van der Waals surface area contributed by atoms with Crippen molar-refractivity contribution >= 4 is 35.3 Å². The summed E-state index contributed by atoms with van der Waals surface area (Å²) in [5.74, 6) is -0.617. The van der Waals surface area contributed by atoms with Crippen LogP contribution in [-0.4, -0.2) is 18.4 Å². The molecule has 0 spiro atoms. The van der Waals surface area contributed by atoms with Gasteiger partial charge in [-0.15, -0.1) is 0 Å². The molecule has 3 aromatic rings. The molecule has 0 unspecified atom stereocenters. The Morgan fingerprint density at radius 3 is 2.59 bits per heavy atom. The Balaban J connectivity index is 1.40. The van der Waals surface area contributed by atoms with Crippen LogP contribution in [0.4, 0.5) is 10.1 Å². The normalized spacial score (nSPS) is 16.4. The topological polar surface area (TPSA) is 49.4 Å². The van der Waals surface area contributed by atoms with Gasteiger partial charge in [0, 0.05) is 17.0 Å². The van der Waals surface area contributed by atoms with Gasteiger partial charge in [-0.3, -0.25) is 9.59 Å². The second-order valence-corrected chi connectivity index (χ2v) is 10.4. The number of nitrogens with zero attached hydrogens (tertiary/aromatic N) is 1. The van der Waals surface area contributed by atoms with Gasteiger partial charge < -0.3 is 10.2 Å². The average molecular weight is 513 g/mol. The summed E-state index contributed by atoms with van der Waals surface area (Å²) in [6, 6.07) is 21.4. The Bertz CT molecular complexity index is 1350. The number of thioether (sulfide) groups is 1. The molecule has 3 aromatic carbocycles. The molecule has 1 aliphatic carbocycles. The second kappa shape index (κ2) is 11.6. The van der Waals surface area contributed by atoms with Gasteiger partial charge in [0.2, 0.25) is 0 Å².